The van der Waals surface area contributed by atoms with Crippen LogP contribution in [-0.4, -0.2) is 56.7 Å². The summed E-state index contributed by atoms with van der Waals surface area (Å²) in [4.78, 5) is 21.5. The van der Waals surface area contributed by atoms with Crippen LogP contribution in [0, 0.1) is 11.7 Å². The summed E-state index contributed by atoms with van der Waals surface area (Å²) in [6, 6.07) is 7.70. The van der Waals surface area contributed by atoms with Crippen LogP contribution in [0.15, 0.2) is 42.9 Å². The van der Waals surface area contributed by atoms with Crippen molar-refractivity contribution in [3.8, 4) is 5.69 Å². The van der Waals surface area contributed by atoms with E-state index >= 15 is 0 Å². The molecular weight excluding hydrogens is 467 g/mol. The number of hydrogen-bond donors (Lipinski definition) is 0. The lowest BCUT2D eigenvalue weighted by atomic mass is 9.69. The summed E-state index contributed by atoms with van der Waals surface area (Å²) in [5, 5.41) is 1.18. The van der Waals surface area contributed by atoms with Crippen LogP contribution in [0.2, 0.25) is 0 Å². The molecule has 1 saturated carbocycles. The van der Waals surface area contributed by atoms with Crippen LogP contribution in [0.3, 0.4) is 0 Å². The van der Waals surface area contributed by atoms with E-state index in [2.05, 4.69) is 47.6 Å². The number of halogens is 1. The predicted octanol–water partition coefficient (Wildman–Crippen LogP) is 6.51. The monoisotopic (exact) mass is 506 g/mol. The Labute approximate surface area is 219 Å². The summed E-state index contributed by atoms with van der Waals surface area (Å²) in [5.41, 5.74) is 3.76. The van der Waals surface area contributed by atoms with E-state index in [-0.39, 0.29) is 18.0 Å². The van der Waals surface area contributed by atoms with Crippen LogP contribution in [-0.2, 0) is 11.3 Å². The third kappa shape index (κ3) is 5.11. The molecule has 3 fully saturated rings. The zero-order valence-electron chi connectivity index (χ0n) is 22.9. The molecule has 0 spiro atoms. The van der Waals surface area contributed by atoms with E-state index in [0.717, 1.165) is 42.6 Å². The number of piperidine rings is 2. The Balaban J connectivity index is 1.50. The van der Waals surface area contributed by atoms with Crippen LogP contribution >= 0.6 is 0 Å². The lowest BCUT2D eigenvalue weighted by Crippen LogP contribution is -2.54. The highest BCUT2D eigenvalue weighted by atomic mass is 19.1. The summed E-state index contributed by atoms with van der Waals surface area (Å²) in [6.07, 6.45) is 8.85. The summed E-state index contributed by atoms with van der Waals surface area (Å²) < 4.78 is 22.3. The zero-order chi connectivity index (χ0) is 26.5. The molecule has 1 aliphatic carbocycles. The second kappa shape index (κ2) is 9.75. The molecule has 6 rings (SSSR count). The molecule has 7 heteroatoms. The van der Waals surface area contributed by atoms with Gasteiger partial charge in [0.05, 0.1) is 17.4 Å². The second-order valence-electron chi connectivity index (χ2n) is 12.1. The van der Waals surface area contributed by atoms with Crippen LogP contribution < -0.4 is 0 Å². The fourth-order valence-electron chi connectivity index (χ4n) is 6.00. The van der Waals surface area contributed by atoms with Crippen molar-refractivity contribution >= 4 is 17.0 Å². The molecule has 1 aromatic carbocycles. The summed E-state index contributed by atoms with van der Waals surface area (Å²) >= 11 is 0. The molecule has 4 heterocycles. The molecule has 0 N–H and O–H groups in total. The van der Waals surface area contributed by atoms with Gasteiger partial charge in [-0.25, -0.2) is 9.18 Å². The van der Waals surface area contributed by atoms with Crippen molar-refractivity contribution < 1.29 is 13.9 Å². The number of benzene rings is 1. The Hall–Kier alpha value is -2.93. The van der Waals surface area contributed by atoms with Crippen molar-refractivity contribution in [2.75, 3.05) is 13.6 Å². The highest BCUT2D eigenvalue weighted by Crippen LogP contribution is 2.47. The van der Waals surface area contributed by atoms with Gasteiger partial charge in [0.25, 0.3) is 0 Å². The number of aromatic nitrogens is 2. The third-order valence-electron chi connectivity index (χ3n) is 8.11. The number of fused-ring (bicyclic) bond motifs is 4. The van der Waals surface area contributed by atoms with E-state index in [9.17, 15) is 9.18 Å². The topological polar surface area (TPSA) is 50.6 Å². The zero-order valence-corrected chi connectivity index (χ0v) is 22.9. The maximum atomic E-state index is 14.3. The number of carbonyl (C=O) groups is 1. The first kappa shape index (κ1) is 25.7. The first-order chi connectivity index (χ1) is 17.5. The molecule has 3 atom stereocenters. The van der Waals surface area contributed by atoms with Gasteiger partial charge in [0.15, 0.2) is 0 Å². The molecule has 2 saturated heterocycles. The van der Waals surface area contributed by atoms with E-state index in [1.165, 1.54) is 17.0 Å². The molecule has 2 aromatic heterocycles. The van der Waals surface area contributed by atoms with Crippen molar-refractivity contribution in [2.45, 2.75) is 84.0 Å². The van der Waals surface area contributed by atoms with Gasteiger partial charge in [-0.15, -0.1) is 0 Å². The van der Waals surface area contributed by atoms with Gasteiger partial charge in [-0.1, -0.05) is 0 Å². The average Bonchev–Trinajstić information content (AvgIpc) is 3.22. The Bertz CT molecular complexity index is 1290. The highest BCUT2D eigenvalue weighted by Gasteiger charge is 2.44. The summed E-state index contributed by atoms with van der Waals surface area (Å²) in [6.45, 7) is 11.4. The number of nitrogens with zero attached hydrogens (tertiary/aromatic N) is 4. The van der Waals surface area contributed by atoms with Crippen LogP contribution in [0.1, 0.15) is 70.9 Å². The lowest BCUT2D eigenvalue weighted by molar-refractivity contribution is -0.0178. The minimum absolute atomic E-state index is 0.186. The first-order valence-electron chi connectivity index (χ1n) is 13.5. The average molecular weight is 507 g/mol. The van der Waals surface area contributed by atoms with Crippen LogP contribution in [0.4, 0.5) is 9.18 Å². The molecule has 6 nitrogen and oxygen atoms in total. The summed E-state index contributed by atoms with van der Waals surface area (Å²) in [7, 11) is 2.06. The van der Waals surface area contributed by atoms with Gasteiger partial charge < -0.3 is 14.2 Å². The standard InChI is InChI=1S/C30H39FN4O2/c1-19(2)33(6)16-21-13-22(31)8-10-27(21)35-18-26(24-11-12-32-15-28(24)35)25-14-23-9-7-20(25)17-34(23)29(36)37-30(3,4)5/h8,10-13,15,18-20,23,25H,7,9,14,16-17H2,1-6H3. The van der Waals surface area contributed by atoms with Gasteiger partial charge in [-0.2, -0.15) is 0 Å². The molecule has 3 aliphatic rings. The predicted molar refractivity (Wildman–Crippen MR) is 144 cm³/mol. The van der Waals surface area contributed by atoms with E-state index < -0.39 is 5.60 Å². The Morgan fingerprint density at radius 2 is 2.03 bits per heavy atom. The van der Waals surface area contributed by atoms with Gasteiger partial charge in [-0.05, 0) is 108 Å². The van der Waals surface area contributed by atoms with E-state index in [1.807, 2.05) is 44.1 Å². The van der Waals surface area contributed by atoms with Crippen LogP contribution in [0.5, 0.6) is 0 Å². The van der Waals surface area contributed by atoms with Gasteiger partial charge in [0.2, 0.25) is 0 Å². The molecule has 3 aromatic rings. The first-order valence-corrected chi connectivity index (χ1v) is 13.5. The maximum absolute atomic E-state index is 14.3. The smallest absolute Gasteiger partial charge is 0.410 e. The van der Waals surface area contributed by atoms with E-state index in [4.69, 9.17) is 4.74 Å². The molecule has 1 amide bonds. The number of ether oxygens (including phenoxy) is 1. The number of pyridine rings is 1. The number of hydrogen-bond acceptors (Lipinski definition) is 4. The molecule has 3 unspecified atom stereocenters. The van der Waals surface area contributed by atoms with Gasteiger partial charge in [-0.3, -0.25) is 9.88 Å². The quantitative estimate of drug-likeness (QED) is 0.396. The Morgan fingerprint density at radius 3 is 2.70 bits per heavy atom. The molecule has 37 heavy (non-hydrogen) atoms. The number of carbonyl (C=O) groups excluding carboxylic acids is 1. The number of rotatable bonds is 5. The molecule has 0 radical (unpaired) electrons. The minimum Gasteiger partial charge on any atom is -0.444 e. The summed E-state index contributed by atoms with van der Waals surface area (Å²) in [5.74, 6) is 0.507. The van der Waals surface area contributed by atoms with E-state index in [0.29, 0.717) is 24.4 Å². The molecule has 2 bridgehead atoms. The van der Waals surface area contributed by atoms with Crippen molar-refractivity contribution in [3.63, 3.8) is 0 Å². The third-order valence-corrected chi connectivity index (χ3v) is 8.11. The van der Waals surface area contributed by atoms with Gasteiger partial charge >= 0.3 is 6.09 Å². The highest BCUT2D eigenvalue weighted by molar-refractivity contribution is 5.86. The van der Waals surface area contributed by atoms with Crippen molar-refractivity contribution in [1.29, 1.82) is 0 Å². The van der Waals surface area contributed by atoms with Crippen molar-refractivity contribution in [1.82, 2.24) is 19.4 Å². The molecule has 198 valence electrons. The SMILES string of the molecule is CC(C)N(C)Cc1cc(F)ccc1-n1cc(C2CC3CCC2CN3C(=O)OC(C)(C)C)c2ccncc21. The molecular formula is C30H39FN4O2. The fraction of sp³-hybridized carbons (Fsp3) is 0.533. The largest absolute Gasteiger partial charge is 0.444 e. The van der Waals surface area contributed by atoms with E-state index in [1.54, 1.807) is 6.07 Å². The van der Waals surface area contributed by atoms with Crippen molar-refractivity contribution in [3.05, 3.63) is 59.8 Å². The van der Waals surface area contributed by atoms with Crippen molar-refractivity contribution in [2.24, 2.45) is 5.92 Å². The number of amides is 1. The van der Waals surface area contributed by atoms with Gasteiger partial charge in [0, 0.05) is 43.0 Å². The Morgan fingerprint density at radius 1 is 1.24 bits per heavy atom. The minimum atomic E-state index is -0.496. The van der Waals surface area contributed by atoms with Crippen LogP contribution in [0.25, 0.3) is 16.6 Å². The Kier molecular flexibility index (Phi) is 6.77. The molecule has 2 aliphatic heterocycles. The fourth-order valence-corrected chi connectivity index (χ4v) is 6.00. The second-order valence-corrected chi connectivity index (χ2v) is 12.1. The maximum Gasteiger partial charge on any atom is 0.410 e. The van der Waals surface area contributed by atoms with Gasteiger partial charge in [0.1, 0.15) is 11.4 Å². The lowest BCUT2D eigenvalue weighted by Gasteiger charge is -2.49. The normalized spacial score (nSPS) is 21.9.